The Kier molecular flexibility index (Phi) is 6.04. The van der Waals surface area contributed by atoms with E-state index in [0.717, 1.165) is 5.69 Å². The van der Waals surface area contributed by atoms with Crippen molar-refractivity contribution in [2.75, 3.05) is 7.11 Å². The molecule has 0 aliphatic heterocycles. The molecule has 0 fully saturated rings. The van der Waals surface area contributed by atoms with Gasteiger partial charge in [0.05, 0.1) is 0 Å². The van der Waals surface area contributed by atoms with Crippen LogP contribution in [0, 0.1) is 0 Å². The minimum atomic E-state index is -3.15. The van der Waals surface area contributed by atoms with Gasteiger partial charge < -0.3 is 0 Å². The van der Waals surface area contributed by atoms with Crippen LogP contribution >= 0.6 is 20.8 Å². The van der Waals surface area contributed by atoms with Crippen molar-refractivity contribution in [3.63, 3.8) is 0 Å². The fourth-order valence-corrected chi connectivity index (χ4v) is 11.5. The van der Waals surface area contributed by atoms with Gasteiger partial charge in [-0.05, 0) is 0 Å². The summed E-state index contributed by atoms with van der Waals surface area (Å²) in [5.41, 5.74) is 1.14. The molecule has 0 saturated heterocycles. The fourth-order valence-electron chi connectivity index (χ4n) is 4.03. The molecule has 0 unspecified atom stereocenters. The predicted molar refractivity (Wildman–Crippen MR) is 133 cm³/mol. The summed E-state index contributed by atoms with van der Waals surface area (Å²) in [5, 5.41) is 0.461. The molecule has 3 nitrogen and oxygen atoms in total. The number of methoxy groups -OCH3 is 1. The third kappa shape index (κ3) is 3.82. The third-order valence-corrected chi connectivity index (χ3v) is 15.0. The molecule has 0 radical (unpaired) electrons. The van der Waals surface area contributed by atoms with Crippen molar-refractivity contribution in [1.82, 2.24) is 4.98 Å². The molecule has 0 aliphatic rings. The quantitative estimate of drug-likeness (QED) is 0.274. The van der Waals surface area contributed by atoms with Crippen molar-refractivity contribution in [2.45, 2.75) is 6.16 Å². The van der Waals surface area contributed by atoms with Gasteiger partial charge in [0.25, 0.3) is 0 Å². The Morgan fingerprint density at radius 1 is 0.742 bits per heavy atom. The monoisotopic (exact) mass is 491 g/mol. The predicted octanol–water partition coefficient (Wildman–Crippen LogP) is 5.21. The van der Waals surface area contributed by atoms with E-state index in [-0.39, 0.29) is 0 Å². The number of carbonyl (C=O) groups is 1. The number of rotatable bonds is 6. The van der Waals surface area contributed by atoms with Crippen LogP contribution in [0.4, 0.5) is 0 Å². The SMILES string of the molecule is COC(=O)c1cccc(CP(Br)(c2ccccc2)(c2ccccc2)c2ccccc2)n1. The van der Waals surface area contributed by atoms with E-state index in [2.05, 4.69) is 93.3 Å². The first-order valence-electron chi connectivity index (χ1n) is 10.00. The zero-order valence-corrected chi connectivity index (χ0v) is 19.7. The van der Waals surface area contributed by atoms with Crippen LogP contribution in [0.3, 0.4) is 0 Å². The van der Waals surface area contributed by atoms with Crippen molar-refractivity contribution < 1.29 is 9.53 Å². The van der Waals surface area contributed by atoms with Gasteiger partial charge >= 0.3 is 191 Å². The molecule has 0 bridgehead atoms. The van der Waals surface area contributed by atoms with Gasteiger partial charge in [-0.1, -0.05) is 0 Å². The first-order chi connectivity index (χ1) is 15.1. The fraction of sp³-hybridized carbons (Fsp3) is 0.0769. The molecule has 0 saturated carbocycles. The van der Waals surface area contributed by atoms with Crippen LogP contribution in [0.5, 0.6) is 0 Å². The number of pyridine rings is 1. The summed E-state index contributed by atoms with van der Waals surface area (Å²) in [7, 11) is 1.37. The zero-order valence-electron chi connectivity index (χ0n) is 17.2. The molecule has 0 atom stereocenters. The summed E-state index contributed by atoms with van der Waals surface area (Å²) in [6.07, 6.45) is 0.620. The number of hydrogen-bond donors (Lipinski definition) is 0. The Morgan fingerprint density at radius 3 is 1.61 bits per heavy atom. The molecule has 1 heterocycles. The number of esters is 1. The summed E-state index contributed by atoms with van der Waals surface area (Å²) in [6.45, 7) is 0. The maximum absolute atomic E-state index is 12.1. The standard InChI is InChI=1S/C26H23BrNO2P/c1-30-26(29)25-19-11-12-21(28-25)20-31(27,22-13-5-2-6-14-22,23-15-7-3-8-16-23)24-17-9-4-10-18-24/h2-19H,20H2,1H3. The zero-order chi connectivity index (χ0) is 21.8. The number of hydrogen-bond acceptors (Lipinski definition) is 3. The van der Waals surface area contributed by atoms with Crippen molar-refractivity contribution in [3.8, 4) is 0 Å². The molecule has 31 heavy (non-hydrogen) atoms. The van der Waals surface area contributed by atoms with Gasteiger partial charge in [0.15, 0.2) is 0 Å². The summed E-state index contributed by atoms with van der Waals surface area (Å²) < 4.78 is 4.90. The van der Waals surface area contributed by atoms with E-state index in [4.69, 9.17) is 4.74 Å². The Balaban J connectivity index is 2.03. The second-order valence-electron chi connectivity index (χ2n) is 7.35. The summed E-state index contributed by atoms with van der Waals surface area (Å²) >= 11 is 4.41. The van der Waals surface area contributed by atoms with Crippen LogP contribution in [0.15, 0.2) is 109 Å². The second kappa shape index (κ2) is 8.74. The summed E-state index contributed by atoms with van der Waals surface area (Å²) in [4.78, 5) is 16.8. The Morgan fingerprint density at radius 2 is 1.19 bits per heavy atom. The normalized spacial score (nSPS) is 12.5. The van der Waals surface area contributed by atoms with Gasteiger partial charge in [-0.25, -0.2) is 0 Å². The van der Waals surface area contributed by atoms with Gasteiger partial charge in [0, 0.05) is 0 Å². The average molecular weight is 492 g/mol. The van der Waals surface area contributed by atoms with Crippen LogP contribution in [0.1, 0.15) is 16.2 Å². The number of benzene rings is 3. The Bertz CT molecular complexity index is 1080. The first kappa shape index (κ1) is 21.4. The second-order valence-corrected chi connectivity index (χ2v) is 16.3. The Labute approximate surface area is 190 Å². The van der Waals surface area contributed by atoms with Crippen LogP contribution in [0.25, 0.3) is 0 Å². The van der Waals surface area contributed by atoms with E-state index in [1.54, 1.807) is 6.07 Å². The van der Waals surface area contributed by atoms with Crippen molar-refractivity contribution in [2.24, 2.45) is 0 Å². The van der Waals surface area contributed by atoms with E-state index < -0.39 is 11.3 Å². The molecule has 0 spiro atoms. The van der Waals surface area contributed by atoms with Crippen LogP contribution in [-0.2, 0) is 10.9 Å². The molecule has 1 aromatic heterocycles. The van der Waals surface area contributed by atoms with Gasteiger partial charge in [0.2, 0.25) is 0 Å². The maximum atomic E-state index is 12.1. The first-order valence-corrected chi connectivity index (χ1v) is 14.4. The third-order valence-electron chi connectivity index (χ3n) is 5.54. The van der Waals surface area contributed by atoms with Crippen LogP contribution in [0.2, 0.25) is 0 Å². The number of nitrogens with zero attached hydrogens (tertiary/aromatic N) is 1. The number of ether oxygens (including phenoxy) is 1. The topological polar surface area (TPSA) is 39.2 Å². The van der Waals surface area contributed by atoms with Crippen molar-refractivity contribution >= 4 is 42.7 Å². The molecule has 3 aromatic carbocycles. The Hall–Kier alpha value is -2.81. The van der Waals surface area contributed by atoms with E-state index in [0.29, 0.717) is 11.9 Å². The van der Waals surface area contributed by atoms with E-state index in [9.17, 15) is 4.79 Å². The number of carbonyl (C=O) groups excluding carboxylic acids is 1. The average Bonchev–Trinajstić information content (AvgIpc) is 2.85. The molecule has 0 aliphatic carbocycles. The molecule has 0 N–H and O–H groups in total. The molecule has 5 heteroatoms. The molecular formula is C26H23BrNO2P. The van der Waals surface area contributed by atoms with Crippen LogP contribution in [-0.4, -0.2) is 18.1 Å². The van der Waals surface area contributed by atoms with E-state index in [1.807, 2.05) is 30.3 Å². The van der Waals surface area contributed by atoms with E-state index >= 15 is 0 Å². The summed E-state index contributed by atoms with van der Waals surface area (Å²) in [5.74, 6) is -0.434. The van der Waals surface area contributed by atoms with Crippen molar-refractivity contribution in [1.29, 1.82) is 0 Å². The van der Waals surface area contributed by atoms with Gasteiger partial charge in [0.1, 0.15) is 0 Å². The number of halogens is 1. The van der Waals surface area contributed by atoms with E-state index in [1.165, 1.54) is 23.0 Å². The van der Waals surface area contributed by atoms with Gasteiger partial charge in [-0.15, -0.1) is 0 Å². The molecule has 4 rings (SSSR count). The van der Waals surface area contributed by atoms with Gasteiger partial charge in [-0.2, -0.15) is 0 Å². The minimum absolute atomic E-state index is 0.312. The number of aromatic nitrogens is 1. The van der Waals surface area contributed by atoms with Crippen LogP contribution < -0.4 is 15.9 Å². The molecule has 0 amide bonds. The molecule has 156 valence electrons. The molecular weight excluding hydrogens is 469 g/mol. The van der Waals surface area contributed by atoms with Gasteiger partial charge in [-0.3, -0.25) is 0 Å². The summed E-state index contributed by atoms with van der Waals surface area (Å²) in [6, 6.07) is 37.1. The van der Waals surface area contributed by atoms with Crippen molar-refractivity contribution in [3.05, 3.63) is 121 Å². The molecule has 4 aromatic rings.